The van der Waals surface area contributed by atoms with Gasteiger partial charge in [0.1, 0.15) is 0 Å². The summed E-state index contributed by atoms with van der Waals surface area (Å²) in [5, 5.41) is 0. The van der Waals surface area contributed by atoms with E-state index in [-0.39, 0.29) is 0 Å². The van der Waals surface area contributed by atoms with Gasteiger partial charge in [-0.05, 0) is 0 Å². The molecule has 2 rings (SSSR count). The topological polar surface area (TPSA) is 7.76 Å². The van der Waals surface area contributed by atoms with Crippen molar-refractivity contribution in [2.75, 3.05) is 0 Å². The Hall–Kier alpha value is -1.70. The number of aromatic nitrogens is 2. The summed E-state index contributed by atoms with van der Waals surface area (Å²) in [6, 6.07) is 12.7. The number of hydrogen-bond donors (Lipinski definition) is 0. The summed E-state index contributed by atoms with van der Waals surface area (Å²) < 4.78 is 4.62. The molecule has 2 heterocycles. The number of rotatable bonds is 4. The lowest BCUT2D eigenvalue weighted by Crippen LogP contribution is -2.47. The van der Waals surface area contributed by atoms with Gasteiger partial charge in [-0.1, -0.05) is 19.1 Å². The SMILES string of the molecule is CCc1cccc[n+]1CC[n+]1ccccc1C. The minimum atomic E-state index is 1.02. The molecule has 0 saturated carbocycles. The second-order valence-electron chi connectivity index (χ2n) is 4.27. The summed E-state index contributed by atoms with van der Waals surface area (Å²) >= 11 is 0. The van der Waals surface area contributed by atoms with Crippen LogP contribution < -0.4 is 9.13 Å². The summed E-state index contributed by atoms with van der Waals surface area (Å²) in [4.78, 5) is 0. The standard InChI is InChI=1S/C15H20N2/c1-3-15-9-5-7-11-17(15)13-12-16-10-6-4-8-14(16)2/h4-11H,3,12-13H2,1-2H3/q+2. The minimum Gasteiger partial charge on any atom is -0.196 e. The zero-order valence-corrected chi connectivity index (χ0v) is 10.6. The lowest BCUT2D eigenvalue weighted by molar-refractivity contribution is -0.784. The van der Waals surface area contributed by atoms with Crippen LogP contribution in [0.15, 0.2) is 48.8 Å². The Morgan fingerprint density at radius 1 is 0.882 bits per heavy atom. The molecule has 0 amide bonds. The third kappa shape index (κ3) is 2.90. The van der Waals surface area contributed by atoms with E-state index >= 15 is 0 Å². The Kier molecular flexibility index (Phi) is 3.86. The van der Waals surface area contributed by atoms with Crippen LogP contribution in [0, 0.1) is 6.92 Å². The van der Waals surface area contributed by atoms with Gasteiger partial charge in [0.2, 0.25) is 13.1 Å². The molecular formula is C15H20N2+2. The van der Waals surface area contributed by atoms with Crippen LogP contribution in [0.3, 0.4) is 0 Å². The van der Waals surface area contributed by atoms with E-state index in [1.807, 2.05) is 0 Å². The Labute approximate surface area is 103 Å². The molecule has 0 bridgehead atoms. The third-order valence-electron chi connectivity index (χ3n) is 3.15. The van der Waals surface area contributed by atoms with Gasteiger partial charge in [-0.25, -0.2) is 0 Å². The van der Waals surface area contributed by atoms with Crippen LogP contribution in [0.4, 0.5) is 0 Å². The van der Waals surface area contributed by atoms with Crippen LogP contribution in [0.2, 0.25) is 0 Å². The molecule has 0 saturated heterocycles. The van der Waals surface area contributed by atoms with E-state index in [2.05, 4.69) is 71.8 Å². The van der Waals surface area contributed by atoms with Crippen molar-refractivity contribution < 1.29 is 9.13 Å². The van der Waals surface area contributed by atoms with Crippen molar-refractivity contribution in [1.82, 2.24) is 0 Å². The molecule has 17 heavy (non-hydrogen) atoms. The summed E-state index contributed by atoms with van der Waals surface area (Å²) in [5.41, 5.74) is 2.70. The zero-order chi connectivity index (χ0) is 12.1. The normalized spacial score (nSPS) is 10.5. The van der Waals surface area contributed by atoms with Crippen molar-refractivity contribution in [3.8, 4) is 0 Å². The first kappa shape index (κ1) is 11.8. The van der Waals surface area contributed by atoms with Crippen LogP contribution in [0.5, 0.6) is 0 Å². The monoisotopic (exact) mass is 228 g/mol. The van der Waals surface area contributed by atoms with E-state index < -0.39 is 0 Å². The predicted molar refractivity (Wildman–Crippen MR) is 67.4 cm³/mol. The molecule has 0 radical (unpaired) electrons. The summed E-state index contributed by atoms with van der Waals surface area (Å²) in [6.45, 7) is 6.40. The average Bonchev–Trinajstić information content (AvgIpc) is 2.38. The molecule has 0 atom stereocenters. The van der Waals surface area contributed by atoms with E-state index in [4.69, 9.17) is 0 Å². The third-order valence-corrected chi connectivity index (χ3v) is 3.15. The van der Waals surface area contributed by atoms with Gasteiger partial charge in [-0.3, -0.25) is 0 Å². The van der Waals surface area contributed by atoms with Crippen molar-refractivity contribution >= 4 is 0 Å². The minimum absolute atomic E-state index is 1.02. The van der Waals surface area contributed by atoms with Gasteiger partial charge in [0.25, 0.3) is 0 Å². The van der Waals surface area contributed by atoms with Crippen molar-refractivity contribution in [2.24, 2.45) is 0 Å². The first-order chi connectivity index (χ1) is 8.31. The summed E-state index contributed by atoms with van der Waals surface area (Å²) in [7, 11) is 0. The van der Waals surface area contributed by atoms with E-state index in [0.717, 1.165) is 19.5 Å². The fourth-order valence-electron chi connectivity index (χ4n) is 2.08. The van der Waals surface area contributed by atoms with Gasteiger partial charge >= 0.3 is 0 Å². The average molecular weight is 228 g/mol. The predicted octanol–water partition coefficient (Wildman–Crippen LogP) is 1.83. The molecule has 0 aliphatic rings. The number of hydrogen-bond acceptors (Lipinski definition) is 0. The maximum atomic E-state index is 2.33. The Bertz CT molecular complexity index is 492. The van der Waals surface area contributed by atoms with Crippen molar-refractivity contribution in [3.05, 3.63) is 60.2 Å². The highest BCUT2D eigenvalue weighted by molar-refractivity contribution is 4.96. The molecule has 0 aromatic carbocycles. The van der Waals surface area contributed by atoms with Crippen molar-refractivity contribution in [1.29, 1.82) is 0 Å². The second kappa shape index (κ2) is 5.58. The van der Waals surface area contributed by atoms with Gasteiger partial charge < -0.3 is 0 Å². The zero-order valence-electron chi connectivity index (χ0n) is 10.6. The Morgan fingerprint density at radius 2 is 1.53 bits per heavy atom. The highest BCUT2D eigenvalue weighted by atomic mass is 15.0. The van der Waals surface area contributed by atoms with E-state index in [1.54, 1.807) is 0 Å². The fraction of sp³-hybridized carbons (Fsp3) is 0.333. The van der Waals surface area contributed by atoms with Crippen molar-refractivity contribution in [3.63, 3.8) is 0 Å². The summed E-state index contributed by atoms with van der Waals surface area (Å²) in [5.74, 6) is 0. The quantitative estimate of drug-likeness (QED) is 0.705. The molecule has 88 valence electrons. The van der Waals surface area contributed by atoms with Gasteiger partial charge in [0.15, 0.2) is 23.8 Å². The van der Waals surface area contributed by atoms with Crippen LogP contribution >= 0.6 is 0 Å². The summed E-state index contributed by atoms with van der Waals surface area (Å²) in [6.07, 6.45) is 5.39. The Balaban J connectivity index is 2.10. The molecule has 0 unspecified atom stereocenters. The molecule has 2 heteroatoms. The smallest absolute Gasteiger partial charge is 0.196 e. The molecule has 0 spiro atoms. The lowest BCUT2D eigenvalue weighted by Gasteiger charge is -2.01. The maximum Gasteiger partial charge on any atom is 0.206 e. The first-order valence-electron chi connectivity index (χ1n) is 6.23. The van der Waals surface area contributed by atoms with Gasteiger partial charge in [0.05, 0.1) is 0 Å². The molecule has 0 aliphatic carbocycles. The highest BCUT2D eigenvalue weighted by Gasteiger charge is 2.11. The first-order valence-corrected chi connectivity index (χ1v) is 6.23. The van der Waals surface area contributed by atoms with E-state index in [1.165, 1.54) is 11.4 Å². The molecule has 2 aromatic rings. The van der Waals surface area contributed by atoms with Crippen LogP contribution in [0.1, 0.15) is 18.3 Å². The molecule has 0 aliphatic heterocycles. The van der Waals surface area contributed by atoms with Gasteiger partial charge in [-0.15, -0.1) is 0 Å². The number of pyridine rings is 2. The number of nitrogens with zero attached hydrogens (tertiary/aromatic N) is 2. The van der Waals surface area contributed by atoms with Crippen molar-refractivity contribution in [2.45, 2.75) is 33.4 Å². The highest BCUT2D eigenvalue weighted by Crippen LogP contribution is 1.92. The Morgan fingerprint density at radius 3 is 2.24 bits per heavy atom. The fourth-order valence-corrected chi connectivity index (χ4v) is 2.08. The maximum absolute atomic E-state index is 2.33. The largest absolute Gasteiger partial charge is 0.206 e. The van der Waals surface area contributed by atoms with Gasteiger partial charge in [0, 0.05) is 37.6 Å². The lowest BCUT2D eigenvalue weighted by atomic mass is 10.3. The van der Waals surface area contributed by atoms with Crippen LogP contribution in [-0.4, -0.2) is 0 Å². The molecule has 0 fully saturated rings. The molecule has 0 N–H and O–H groups in total. The molecule has 2 nitrogen and oxygen atoms in total. The molecule has 2 aromatic heterocycles. The second-order valence-corrected chi connectivity index (χ2v) is 4.27. The van der Waals surface area contributed by atoms with E-state index in [0.29, 0.717) is 0 Å². The van der Waals surface area contributed by atoms with Crippen LogP contribution in [0.25, 0.3) is 0 Å². The van der Waals surface area contributed by atoms with Crippen LogP contribution in [-0.2, 0) is 19.5 Å². The number of aryl methyl sites for hydroxylation is 4. The molecular weight excluding hydrogens is 208 g/mol. The van der Waals surface area contributed by atoms with E-state index in [9.17, 15) is 0 Å². The van der Waals surface area contributed by atoms with Gasteiger partial charge in [-0.2, -0.15) is 9.13 Å².